The Morgan fingerprint density at radius 3 is 2.84 bits per heavy atom. The standard InChI is InChI=1S/C24H28N6OS/c1-17-8-2-4-11-20(17)30-22(18-9-6-13-25-16-18)27-28-24(30)32-15-7-14-29-21-12-5-3-10-19(21)26-23(29)31/h3,5-6,9-10,12-13,16-17,20H,2,4,7-8,11,14-15H2,1H3,(H,26,31)/t17-,20-/m1/s1. The molecular weight excluding hydrogens is 420 g/mol. The van der Waals surface area contributed by atoms with Crippen LogP contribution in [0.2, 0.25) is 0 Å². The molecule has 1 fully saturated rings. The second kappa shape index (κ2) is 9.32. The van der Waals surface area contributed by atoms with Crippen LogP contribution in [0.25, 0.3) is 22.4 Å². The monoisotopic (exact) mass is 448 g/mol. The average molecular weight is 449 g/mol. The van der Waals surface area contributed by atoms with E-state index >= 15 is 0 Å². The molecular formula is C24H28N6OS. The number of pyridine rings is 1. The zero-order valence-corrected chi connectivity index (χ0v) is 19.1. The van der Waals surface area contributed by atoms with Gasteiger partial charge in [0.2, 0.25) is 0 Å². The molecule has 0 unspecified atom stereocenters. The van der Waals surface area contributed by atoms with Crippen molar-refractivity contribution >= 4 is 22.8 Å². The van der Waals surface area contributed by atoms with Crippen molar-refractivity contribution in [3.8, 4) is 11.4 Å². The Balaban J connectivity index is 1.35. The molecule has 0 amide bonds. The largest absolute Gasteiger partial charge is 0.326 e. The molecule has 1 aliphatic rings. The number of aromatic amines is 1. The fourth-order valence-corrected chi connectivity index (χ4v) is 5.68. The first kappa shape index (κ1) is 21.0. The number of imidazole rings is 1. The quantitative estimate of drug-likeness (QED) is 0.321. The third kappa shape index (κ3) is 4.11. The van der Waals surface area contributed by atoms with E-state index in [0.717, 1.165) is 46.2 Å². The highest BCUT2D eigenvalue weighted by Crippen LogP contribution is 2.38. The molecule has 7 nitrogen and oxygen atoms in total. The van der Waals surface area contributed by atoms with Gasteiger partial charge in [0, 0.05) is 36.3 Å². The van der Waals surface area contributed by atoms with Crippen LogP contribution < -0.4 is 5.69 Å². The van der Waals surface area contributed by atoms with Crippen LogP contribution in [0.1, 0.15) is 45.1 Å². The first-order chi connectivity index (χ1) is 15.7. The Bertz CT molecular complexity index is 1240. The number of fused-ring (bicyclic) bond motifs is 1. The first-order valence-corrected chi connectivity index (χ1v) is 12.4. The van der Waals surface area contributed by atoms with Crippen molar-refractivity contribution in [3.63, 3.8) is 0 Å². The van der Waals surface area contributed by atoms with Gasteiger partial charge in [-0.3, -0.25) is 14.1 Å². The molecule has 1 aliphatic carbocycles. The van der Waals surface area contributed by atoms with E-state index in [-0.39, 0.29) is 5.69 Å². The minimum Gasteiger partial charge on any atom is -0.306 e. The van der Waals surface area contributed by atoms with Gasteiger partial charge in [-0.05, 0) is 49.4 Å². The Morgan fingerprint density at radius 2 is 2.00 bits per heavy atom. The van der Waals surface area contributed by atoms with Gasteiger partial charge >= 0.3 is 5.69 Å². The van der Waals surface area contributed by atoms with Gasteiger partial charge in [0.15, 0.2) is 11.0 Å². The van der Waals surface area contributed by atoms with Crippen LogP contribution in [-0.4, -0.2) is 35.1 Å². The molecule has 3 heterocycles. The van der Waals surface area contributed by atoms with Gasteiger partial charge in [-0.1, -0.05) is 43.7 Å². The number of hydrogen-bond acceptors (Lipinski definition) is 5. The molecule has 2 atom stereocenters. The molecule has 0 radical (unpaired) electrons. The lowest BCUT2D eigenvalue weighted by Gasteiger charge is -2.31. The minimum absolute atomic E-state index is 0.0470. The molecule has 5 rings (SSSR count). The lowest BCUT2D eigenvalue weighted by atomic mass is 9.85. The van der Waals surface area contributed by atoms with Gasteiger partial charge < -0.3 is 4.98 Å². The third-order valence-electron chi connectivity index (χ3n) is 6.42. The highest BCUT2D eigenvalue weighted by Gasteiger charge is 2.28. The Hall–Kier alpha value is -2.87. The van der Waals surface area contributed by atoms with Crippen LogP contribution in [-0.2, 0) is 6.54 Å². The Kier molecular flexibility index (Phi) is 6.12. The maximum absolute atomic E-state index is 12.3. The topological polar surface area (TPSA) is 81.4 Å². The summed E-state index contributed by atoms with van der Waals surface area (Å²) in [7, 11) is 0. The van der Waals surface area contributed by atoms with Crippen molar-refractivity contribution in [1.82, 2.24) is 29.3 Å². The van der Waals surface area contributed by atoms with Gasteiger partial charge in [0.1, 0.15) is 0 Å². The number of para-hydroxylation sites is 2. The minimum atomic E-state index is -0.0470. The van der Waals surface area contributed by atoms with Crippen LogP contribution in [0, 0.1) is 5.92 Å². The number of nitrogens with one attached hydrogen (secondary N) is 1. The number of aryl methyl sites for hydroxylation is 1. The number of benzene rings is 1. The summed E-state index contributed by atoms with van der Waals surface area (Å²) in [6, 6.07) is 12.2. The fourth-order valence-electron chi connectivity index (χ4n) is 4.76. The van der Waals surface area contributed by atoms with E-state index in [9.17, 15) is 4.79 Å². The summed E-state index contributed by atoms with van der Waals surface area (Å²) in [4.78, 5) is 19.5. The fraction of sp³-hybridized carbons (Fsp3) is 0.417. The van der Waals surface area contributed by atoms with Crippen molar-refractivity contribution in [2.45, 2.75) is 56.8 Å². The van der Waals surface area contributed by atoms with Gasteiger partial charge in [-0.25, -0.2) is 4.79 Å². The van der Waals surface area contributed by atoms with Gasteiger partial charge in [0.05, 0.1) is 11.0 Å². The summed E-state index contributed by atoms with van der Waals surface area (Å²) in [6.45, 7) is 3.02. The molecule has 3 aromatic heterocycles. The highest BCUT2D eigenvalue weighted by molar-refractivity contribution is 7.99. The van der Waals surface area contributed by atoms with Crippen LogP contribution in [0.4, 0.5) is 0 Å². The molecule has 32 heavy (non-hydrogen) atoms. The van der Waals surface area contributed by atoms with E-state index in [1.54, 1.807) is 18.0 Å². The number of rotatable bonds is 7. The first-order valence-electron chi connectivity index (χ1n) is 11.4. The van der Waals surface area contributed by atoms with E-state index in [4.69, 9.17) is 0 Å². The number of aromatic nitrogens is 6. The molecule has 1 aromatic carbocycles. The molecule has 1 saturated carbocycles. The van der Waals surface area contributed by atoms with Crippen molar-refractivity contribution in [3.05, 3.63) is 59.3 Å². The van der Waals surface area contributed by atoms with Gasteiger partial charge in [-0.15, -0.1) is 10.2 Å². The van der Waals surface area contributed by atoms with Crippen LogP contribution in [0.5, 0.6) is 0 Å². The molecule has 166 valence electrons. The Labute approximate surface area is 191 Å². The molecule has 0 spiro atoms. The van der Waals surface area contributed by atoms with E-state index < -0.39 is 0 Å². The van der Waals surface area contributed by atoms with Gasteiger partial charge in [0.25, 0.3) is 0 Å². The zero-order chi connectivity index (χ0) is 21.9. The summed E-state index contributed by atoms with van der Waals surface area (Å²) in [6.07, 6.45) is 9.47. The third-order valence-corrected chi connectivity index (χ3v) is 7.45. The van der Waals surface area contributed by atoms with E-state index in [2.05, 4.69) is 37.7 Å². The number of hydrogen-bond donors (Lipinski definition) is 1. The average Bonchev–Trinajstić information content (AvgIpc) is 3.38. The van der Waals surface area contributed by atoms with Gasteiger partial charge in [-0.2, -0.15) is 0 Å². The molecule has 0 aliphatic heterocycles. The number of nitrogens with zero attached hydrogens (tertiary/aromatic N) is 5. The predicted molar refractivity (Wildman–Crippen MR) is 128 cm³/mol. The summed E-state index contributed by atoms with van der Waals surface area (Å²) in [5, 5.41) is 10.1. The number of thioether (sulfide) groups is 1. The second-order valence-corrected chi connectivity index (χ2v) is 9.61. The van der Waals surface area contributed by atoms with E-state index in [1.165, 1.54) is 19.3 Å². The summed E-state index contributed by atoms with van der Waals surface area (Å²) < 4.78 is 4.17. The molecule has 4 aromatic rings. The number of H-pyrrole nitrogens is 1. The van der Waals surface area contributed by atoms with E-state index in [1.807, 2.05) is 41.1 Å². The summed E-state index contributed by atoms with van der Waals surface area (Å²) in [5.41, 5.74) is 2.81. The maximum Gasteiger partial charge on any atom is 0.326 e. The maximum atomic E-state index is 12.3. The molecule has 0 saturated heterocycles. The van der Waals surface area contributed by atoms with Crippen LogP contribution in [0.3, 0.4) is 0 Å². The SMILES string of the molecule is C[C@@H]1CCCC[C@H]1n1c(SCCCn2c(=O)[nH]c3ccccc32)nnc1-c1cccnc1. The molecule has 8 heteroatoms. The smallest absolute Gasteiger partial charge is 0.306 e. The van der Waals surface area contributed by atoms with Crippen molar-refractivity contribution in [2.24, 2.45) is 5.92 Å². The lowest BCUT2D eigenvalue weighted by molar-refractivity contribution is 0.247. The van der Waals surface area contributed by atoms with Crippen LogP contribution in [0.15, 0.2) is 58.7 Å². The normalized spacial score (nSPS) is 18.9. The van der Waals surface area contributed by atoms with Crippen LogP contribution >= 0.6 is 11.8 Å². The molecule has 1 N–H and O–H groups in total. The van der Waals surface area contributed by atoms with Crippen molar-refractivity contribution < 1.29 is 0 Å². The predicted octanol–water partition coefficient (Wildman–Crippen LogP) is 4.92. The molecule has 0 bridgehead atoms. The van der Waals surface area contributed by atoms with Crippen molar-refractivity contribution in [2.75, 3.05) is 5.75 Å². The zero-order valence-electron chi connectivity index (χ0n) is 18.3. The van der Waals surface area contributed by atoms with Crippen molar-refractivity contribution in [1.29, 1.82) is 0 Å². The highest BCUT2D eigenvalue weighted by atomic mass is 32.2. The summed E-state index contributed by atoms with van der Waals surface area (Å²) >= 11 is 1.73. The lowest BCUT2D eigenvalue weighted by Crippen LogP contribution is -2.22. The Morgan fingerprint density at radius 1 is 1.12 bits per heavy atom. The summed E-state index contributed by atoms with van der Waals surface area (Å²) in [5.74, 6) is 2.38. The van der Waals surface area contributed by atoms with E-state index in [0.29, 0.717) is 18.5 Å². The second-order valence-electron chi connectivity index (χ2n) is 8.55.